The summed E-state index contributed by atoms with van der Waals surface area (Å²) in [6.07, 6.45) is 1.63. The van der Waals surface area contributed by atoms with Crippen molar-refractivity contribution in [2.45, 2.75) is 6.54 Å². The number of guanidine groups is 1. The van der Waals surface area contributed by atoms with Gasteiger partial charge in [0.1, 0.15) is 5.75 Å². The predicted octanol–water partition coefficient (Wildman–Crippen LogP) is 4.42. The monoisotopic (exact) mass is 430 g/mol. The van der Waals surface area contributed by atoms with Gasteiger partial charge in [-0.3, -0.25) is 15.1 Å². The van der Waals surface area contributed by atoms with Gasteiger partial charge in [-0.25, -0.2) is 13.8 Å². The van der Waals surface area contributed by atoms with Gasteiger partial charge in [-0.05, 0) is 48.5 Å². The second-order valence-electron chi connectivity index (χ2n) is 6.04. The van der Waals surface area contributed by atoms with E-state index in [0.717, 1.165) is 12.1 Å². The lowest BCUT2D eigenvalue weighted by Crippen LogP contribution is -2.36. The van der Waals surface area contributed by atoms with Gasteiger partial charge in [0.15, 0.2) is 11.6 Å². The molecule has 3 rings (SSSR count). The number of carbonyl (C=O) groups is 1. The van der Waals surface area contributed by atoms with E-state index in [4.69, 9.17) is 16.3 Å². The molecule has 1 aromatic heterocycles. The summed E-state index contributed by atoms with van der Waals surface area (Å²) in [6, 6.07) is 13.2. The Hall–Kier alpha value is -3.52. The van der Waals surface area contributed by atoms with Crippen LogP contribution in [0, 0.1) is 11.6 Å². The Balaban J connectivity index is 1.83. The first kappa shape index (κ1) is 21.2. The summed E-state index contributed by atoms with van der Waals surface area (Å²) in [7, 11) is 1.50. The lowest BCUT2D eigenvalue weighted by Gasteiger charge is -2.13. The molecule has 0 atom stereocenters. The van der Waals surface area contributed by atoms with Crippen LogP contribution in [0.3, 0.4) is 0 Å². The third kappa shape index (κ3) is 5.51. The van der Waals surface area contributed by atoms with Crippen molar-refractivity contribution in [2.75, 3.05) is 12.4 Å². The fourth-order valence-corrected chi connectivity index (χ4v) is 2.72. The number of hydrogen-bond donors (Lipinski definition) is 2. The molecule has 0 aliphatic heterocycles. The molecule has 30 heavy (non-hydrogen) atoms. The van der Waals surface area contributed by atoms with Crippen molar-refractivity contribution < 1.29 is 18.3 Å². The van der Waals surface area contributed by atoms with Crippen molar-refractivity contribution in [1.82, 2.24) is 10.3 Å². The Bertz CT molecular complexity index is 1080. The van der Waals surface area contributed by atoms with Gasteiger partial charge in [-0.1, -0.05) is 17.7 Å². The van der Waals surface area contributed by atoms with Crippen molar-refractivity contribution in [2.24, 2.45) is 4.99 Å². The predicted molar refractivity (Wildman–Crippen MR) is 111 cm³/mol. The highest BCUT2D eigenvalue weighted by molar-refractivity contribution is 6.32. The van der Waals surface area contributed by atoms with Gasteiger partial charge in [-0.2, -0.15) is 0 Å². The zero-order valence-electron chi connectivity index (χ0n) is 15.8. The van der Waals surface area contributed by atoms with Crippen LogP contribution in [0.15, 0.2) is 65.8 Å². The lowest BCUT2D eigenvalue weighted by atomic mass is 10.2. The minimum Gasteiger partial charge on any atom is -0.495 e. The molecule has 0 spiro atoms. The number of carbonyl (C=O) groups excluding carboxylic acids is 1. The molecule has 1 amide bonds. The molecule has 0 aliphatic carbocycles. The van der Waals surface area contributed by atoms with Gasteiger partial charge in [-0.15, -0.1) is 0 Å². The van der Waals surface area contributed by atoms with E-state index in [1.807, 2.05) is 6.07 Å². The van der Waals surface area contributed by atoms with Crippen LogP contribution in [0.25, 0.3) is 0 Å². The third-order valence-corrected chi connectivity index (χ3v) is 4.25. The van der Waals surface area contributed by atoms with E-state index in [9.17, 15) is 13.6 Å². The minimum atomic E-state index is -1.12. The maximum atomic E-state index is 13.5. The molecule has 0 unspecified atom stereocenters. The lowest BCUT2D eigenvalue weighted by molar-refractivity contribution is 0.0976. The Kier molecular flexibility index (Phi) is 6.92. The maximum absolute atomic E-state index is 13.5. The second-order valence-corrected chi connectivity index (χ2v) is 6.45. The molecule has 1 heterocycles. The summed E-state index contributed by atoms with van der Waals surface area (Å²) in [5.74, 6) is -2.26. The van der Waals surface area contributed by atoms with E-state index in [2.05, 4.69) is 20.6 Å². The first-order valence-electron chi connectivity index (χ1n) is 8.77. The molecule has 9 heteroatoms. The zero-order valence-corrected chi connectivity index (χ0v) is 16.6. The van der Waals surface area contributed by atoms with E-state index < -0.39 is 17.5 Å². The number of nitrogens with zero attached hydrogens (tertiary/aromatic N) is 2. The van der Waals surface area contributed by atoms with Crippen LogP contribution in [0.5, 0.6) is 5.75 Å². The quantitative estimate of drug-likeness (QED) is 0.464. The first-order chi connectivity index (χ1) is 14.5. The average molecular weight is 431 g/mol. The number of amides is 1. The Morgan fingerprint density at radius 3 is 2.63 bits per heavy atom. The van der Waals surface area contributed by atoms with E-state index in [0.29, 0.717) is 22.2 Å². The molecule has 2 N–H and O–H groups in total. The summed E-state index contributed by atoms with van der Waals surface area (Å²) >= 11 is 6.14. The van der Waals surface area contributed by atoms with Gasteiger partial charge in [0, 0.05) is 17.4 Å². The number of benzene rings is 2. The Morgan fingerprint density at radius 1 is 1.13 bits per heavy atom. The molecule has 2 aromatic carbocycles. The number of halogens is 3. The van der Waals surface area contributed by atoms with Gasteiger partial charge in [0.2, 0.25) is 5.96 Å². The standard InChI is InChI=1S/C21H17ClF2N4O2/c1-30-19-8-6-14(11-16(19)22)27-21(26-12-15-4-2-3-9-25-15)28-20(29)13-5-7-17(23)18(24)10-13/h2-11H,12H2,1H3,(H2,26,27,28,29). The SMILES string of the molecule is COc1ccc(NC(=NCc2ccccn2)NC(=O)c2ccc(F)c(F)c2)cc1Cl. The van der Waals surface area contributed by atoms with E-state index >= 15 is 0 Å². The third-order valence-electron chi connectivity index (χ3n) is 3.95. The highest BCUT2D eigenvalue weighted by atomic mass is 35.5. The summed E-state index contributed by atoms with van der Waals surface area (Å²) in [4.78, 5) is 21.0. The van der Waals surface area contributed by atoms with E-state index in [1.54, 1.807) is 36.5 Å². The van der Waals surface area contributed by atoms with Crippen LogP contribution in [0.1, 0.15) is 16.1 Å². The summed E-state index contributed by atoms with van der Waals surface area (Å²) < 4.78 is 31.7. The molecule has 0 aliphatic rings. The number of aliphatic imine (C=N–C) groups is 1. The minimum absolute atomic E-state index is 0.0611. The smallest absolute Gasteiger partial charge is 0.258 e. The van der Waals surface area contributed by atoms with Crippen molar-refractivity contribution in [3.63, 3.8) is 0 Å². The molecule has 0 bridgehead atoms. The molecule has 0 fully saturated rings. The number of aromatic nitrogens is 1. The van der Waals surface area contributed by atoms with E-state index in [1.165, 1.54) is 13.2 Å². The molecule has 0 saturated carbocycles. The number of nitrogens with one attached hydrogen (secondary N) is 2. The van der Waals surface area contributed by atoms with E-state index in [-0.39, 0.29) is 18.1 Å². The average Bonchev–Trinajstić information content (AvgIpc) is 2.75. The Labute approximate surface area is 176 Å². The van der Waals surface area contributed by atoms with Crippen molar-refractivity contribution in [1.29, 1.82) is 0 Å². The Morgan fingerprint density at radius 2 is 1.97 bits per heavy atom. The first-order valence-corrected chi connectivity index (χ1v) is 9.15. The fourth-order valence-electron chi connectivity index (χ4n) is 2.46. The second kappa shape index (κ2) is 9.80. The van der Waals surface area contributed by atoms with Gasteiger partial charge < -0.3 is 10.1 Å². The van der Waals surface area contributed by atoms with Gasteiger partial charge in [0.05, 0.1) is 24.4 Å². The summed E-state index contributed by atoms with van der Waals surface area (Å²) in [5, 5.41) is 5.87. The van der Waals surface area contributed by atoms with Gasteiger partial charge >= 0.3 is 0 Å². The maximum Gasteiger partial charge on any atom is 0.258 e. The number of pyridine rings is 1. The summed E-state index contributed by atoms with van der Waals surface area (Å²) in [5.41, 5.74) is 1.15. The number of anilines is 1. The van der Waals surface area contributed by atoms with Crippen LogP contribution in [-0.4, -0.2) is 24.0 Å². The van der Waals surface area contributed by atoms with Crippen LogP contribution >= 0.6 is 11.6 Å². The highest BCUT2D eigenvalue weighted by Crippen LogP contribution is 2.27. The van der Waals surface area contributed by atoms with Gasteiger partial charge in [0.25, 0.3) is 5.91 Å². The normalized spacial score (nSPS) is 11.1. The van der Waals surface area contributed by atoms with Crippen molar-refractivity contribution in [3.05, 3.63) is 88.7 Å². The van der Waals surface area contributed by atoms with Crippen LogP contribution < -0.4 is 15.4 Å². The molecular weight excluding hydrogens is 414 g/mol. The summed E-state index contributed by atoms with van der Waals surface area (Å²) in [6.45, 7) is 0.172. The molecule has 154 valence electrons. The van der Waals surface area contributed by atoms with Crippen LogP contribution in [-0.2, 0) is 6.54 Å². The highest BCUT2D eigenvalue weighted by Gasteiger charge is 2.13. The fraction of sp³-hybridized carbons (Fsp3) is 0.0952. The van der Waals surface area contributed by atoms with Crippen LogP contribution in [0.4, 0.5) is 14.5 Å². The topological polar surface area (TPSA) is 75.6 Å². The number of hydrogen-bond acceptors (Lipinski definition) is 4. The van der Waals surface area contributed by atoms with Crippen molar-refractivity contribution in [3.8, 4) is 5.75 Å². The van der Waals surface area contributed by atoms with Crippen LogP contribution in [0.2, 0.25) is 5.02 Å². The number of ether oxygens (including phenoxy) is 1. The molecule has 6 nitrogen and oxygen atoms in total. The zero-order chi connectivity index (χ0) is 21.5. The number of rotatable bonds is 5. The van der Waals surface area contributed by atoms with Crippen molar-refractivity contribution >= 4 is 29.2 Å². The molecule has 0 saturated heterocycles. The molecular formula is C21H17ClF2N4O2. The molecule has 3 aromatic rings. The largest absolute Gasteiger partial charge is 0.495 e. The number of methoxy groups -OCH3 is 1. The molecule has 0 radical (unpaired) electrons.